The topological polar surface area (TPSA) is 43.4 Å². The fourth-order valence-corrected chi connectivity index (χ4v) is 2.52. The van der Waals surface area contributed by atoms with Gasteiger partial charge in [0.1, 0.15) is 6.10 Å². The van der Waals surface area contributed by atoms with Gasteiger partial charge in [-0.25, -0.2) is 4.79 Å². The van der Waals surface area contributed by atoms with Crippen LogP contribution in [0.15, 0.2) is 24.3 Å². The third kappa shape index (κ3) is 4.97. The number of rotatable bonds is 9. The van der Waals surface area contributed by atoms with Crippen LogP contribution in [0.2, 0.25) is 0 Å². The van der Waals surface area contributed by atoms with Crippen LogP contribution in [0.3, 0.4) is 0 Å². The lowest BCUT2D eigenvalue weighted by atomic mass is 9.93. The monoisotopic (exact) mass is 302 g/mol. The number of carbonyl (C=O) groups excluding carboxylic acids is 2. The third-order valence-corrected chi connectivity index (χ3v) is 4.22. The second kappa shape index (κ2) is 8.11. The summed E-state index contributed by atoms with van der Waals surface area (Å²) in [5.41, 5.74) is 1.65. The Bertz CT molecular complexity index is 500. The molecule has 1 saturated carbocycles. The van der Waals surface area contributed by atoms with E-state index in [-0.39, 0.29) is 6.10 Å². The summed E-state index contributed by atoms with van der Waals surface area (Å²) in [5.74, 6) is -0.767. The highest BCUT2D eigenvalue weighted by Crippen LogP contribution is 2.25. The number of Topliss-reactive ketones (excluding diaryl/α,β-unsaturated/α-hetero) is 1. The van der Waals surface area contributed by atoms with E-state index in [2.05, 4.69) is 13.8 Å². The molecule has 0 aromatic heterocycles. The Hall–Kier alpha value is -1.64. The second-order valence-corrected chi connectivity index (χ2v) is 6.31. The lowest BCUT2D eigenvalue weighted by molar-refractivity contribution is -0.139. The molecule has 1 aliphatic rings. The summed E-state index contributed by atoms with van der Waals surface area (Å²) in [7, 11) is 0. The van der Waals surface area contributed by atoms with Crippen LogP contribution in [-0.4, -0.2) is 17.9 Å². The van der Waals surface area contributed by atoms with Gasteiger partial charge in [0, 0.05) is 5.56 Å². The first-order valence-electron chi connectivity index (χ1n) is 8.47. The maximum atomic E-state index is 12.0. The highest BCUT2D eigenvalue weighted by Gasteiger charge is 2.29. The number of unbranched alkanes of at least 4 members (excludes halogenated alkanes) is 3. The van der Waals surface area contributed by atoms with Gasteiger partial charge in [0.05, 0.1) is 0 Å². The largest absolute Gasteiger partial charge is 0.456 e. The maximum absolute atomic E-state index is 12.0. The van der Waals surface area contributed by atoms with Gasteiger partial charge in [-0.3, -0.25) is 4.79 Å². The van der Waals surface area contributed by atoms with Crippen molar-refractivity contribution in [2.45, 2.75) is 70.8 Å². The first-order valence-corrected chi connectivity index (χ1v) is 8.47. The maximum Gasteiger partial charge on any atom is 0.379 e. The molecule has 1 aromatic carbocycles. The fourth-order valence-electron chi connectivity index (χ4n) is 2.52. The summed E-state index contributed by atoms with van der Waals surface area (Å²) < 4.78 is 5.04. The number of hydrogen-bond donors (Lipinski definition) is 0. The number of esters is 1. The molecule has 120 valence electrons. The number of ether oxygens (including phenoxy) is 1. The number of ketones is 1. The van der Waals surface area contributed by atoms with Crippen molar-refractivity contribution in [3.8, 4) is 0 Å². The summed E-state index contributed by atoms with van der Waals surface area (Å²) in [6.45, 7) is 4.43. The van der Waals surface area contributed by atoms with E-state index in [0.717, 1.165) is 19.3 Å². The van der Waals surface area contributed by atoms with E-state index in [1.54, 1.807) is 12.1 Å². The van der Waals surface area contributed by atoms with Crippen LogP contribution in [-0.2, 0) is 9.53 Å². The first kappa shape index (κ1) is 16.7. The molecule has 0 bridgehead atoms. The minimum atomic E-state index is -0.720. The molecule has 3 heteroatoms. The summed E-state index contributed by atoms with van der Waals surface area (Å²) >= 11 is 0. The number of carbonyl (C=O) groups is 2. The van der Waals surface area contributed by atoms with Gasteiger partial charge in [-0.1, -0.05) is 63.8 Å². The molecule has 0 N–H and O–H groups in total. The fraction of sp³-hybridized carbons (Fsp3) is 0.579. The van der Waals surface area contributed by atoms with Gasteiger partial charge in [-0.15, -0.1) is 0 Å². The van der Waals surface area contributed by atoms with Crippen LogP contribution in [0.4, 0.5) is 0 Å². The van der Waals surface area contributed by atoms with Crippen molar-refractivity contribution < 1.29 is 14.3 Å². The summed E-state index contributed by atoms with van der Waals surface area (Å²) in [6, 6.07) is 7.41. The standard InChI is InChI=1S/C19H26O3/c1-3-4-5-6-7-14(2)15-8-10-16(11-9-15)18(20)19(21)22-17-12-13-17/h8-11,14,17H,3-7,12-13H2,1-2H3. The van der Waals surface area contributed by atoms with Crippen LogP contribution >= 0.6 is 0 Å². The zero-order chi connectivity index (χ0) is 15.9. The molecule has 1 atom stereocenters. The summed E-state index contributed by atoms with van der Waals surface area (Å²) in [5, 5.41) is 0. The molecule has 0 amide bonds. The molecule has 1 unspecified atom stereocenters. The molecule has 1 aromatic rings. The van der Waals surface area contributed by atoms with Crippen LogP contribution < -0.4 is 0 Å². The van der Waals surface area contributed by atoms with Gasteiger partial charge < -0.3 is 4.74 Å². The van der Waals surface area contributed by atoms with Crippen LogP contribution in [0.1, 0.15) is 80.6 Å². The second-order valence-electron chi connectivity index (χ2n) is 6.31. The van der Waals surface area contributed by atoms with E-state index in [1.807, 2.05) is 12.1 Å². The Morgan fingerprint density at radius 2 is 1.82 bits per heavy atom. The average Bonchev–Trinajstić information content (AvgIpc) is 3.34. The summed E-state index contributed by atoms with van der Waals surface area (Å²) in [6.07, 6.45) is 7.97. The van der Waals surface area contributed by atoms with Crippen molar-refractivity contribution in [3.05, 3.63) is 35.4 Å². The van der Waals surface area contributed by atoms with E-state index in [9.17, 15) is 9.59 Å². The van der Waals surface area contributed by atoms with Gasteiger partial charge >= 0.3 is 5.97 Å². The molecule has 1 aliphatic carbocycles. The minimum absolute atomic E-state index is 0.0288. The molecule has 2 rings (SSSR count). The van der Waals surface area contributed by atoms with Crippen molar-refractivity contribution in [1.82, 2.24) is 0 Å². The molecule has 3 nitrogen and oxygen atoms in total. The van der Waals surface area contributed by atoms with Gasteiger partial charge in [0.25, 0.3) is 5.78 Å². The third-order valence-electron chi connectivity index (χ3n) is 4.22. The first-order chi connectivity index (χ1) is 10.6. The Morgan fingerprint density at radius 1 is 1.14 bits per heavy atom. The van der Waals surface area contributed by atoms with Crippen molar-refractivity contribution in [2.75, 3.05) is 0 Å². The van der Waals surface area contributed by atoms with E-state index < -0.39 is 11.8 Å². The zero-order valence-corrected chi connectivity index (χ0v) is 13.6. The predicted molar refractivity (Wildman–Crippen MR) is 87.1 cm³/mol. The zero-order valence-electron chi connectivity index (χ0n) is 13.6. The lowest BCUT2D eigenvalue weighted by Crippen LogP contribution is -2.18. The molecular weight excluding hydrogens is 276 g/mol. The molecular formula is C19H26O3. The van der Waals surface area contributed by atoms with Gasteiger partial charge in [0.2, 0.25) is 0 Å². The van der Waals surface area contributed by atoms with Crippen molar-refractivity contribution in [3.63, 3.8) is 0 Å². The number of benzene rings is 1. The van der Waals surface area contributed by atoms with E-state index in [1.165, 1.54) is 31.2 Å². The van der Waals surface area contributed by atoms with Gasteiger partial charge in [-0.05, 0) is 30.7 Å². The van der Waals surface area contributed by atoms with Crippen molar-refractivity contribution in [2.24, 2.45) is 0 Å². The highest BCUT2D eigenvalue weighted by molar-refractivity contribution is 6.40. The molecule has 0 aliphatic heterocycles. The Morgan fingerprint density at radius 3 is 2.41 bits per heavy atom. The van der Waals surface area contributed by atoms with Gasteiger partial charge in [-0.2, -0.15) is 0 Å². The highest BCUT2D eigenvalue weighted by atomic mass is 16.6. The van der Waals surface area contributed by atoms with Gasteiger partial charge in [0.15, 0.2) is 0 Å². The normalized spacial score (nSPS) is 15.4. The Kier molecular flexibility index (Phi) is 6.17. The van der Waals surface area contributed by atoms with E-state index >= 15 is 0 Å². The van der Waals surface area contributed by atoms with Crippen LogP contribution in [0.25, 0.3) is 0 Å². The molecule has 0 spiro atoms. The molecule has 0 saturated heterocycles. The molecule has 22 heavy (non-hydrogen) atoms. The molecule has 1 fully saturated rings. The van der Waals surface area contributed by atoms with Crippen LogP contribution in [0.5, 0.6) is 0 Å². The number of hydrogen-bond acceptors (Lipinski definition) is 3. The lowest BCUT2D eigenvalue weighted by Gasteiger charge is -2.12. The minimum Gasteiger partial charge on any atom is -0.456 e. The SMILES string of the molecule is CCCCCCC(C)c1ccc(C(=O)C(=O)OC2CC2)cc1. The van der Waals surface area contributed by atoms with E-state index in [0.29, 0.717) is 11.5 Å². The predicted octanol–water partition coefficient (Wildman–Crippen LogP) is 4.65. The molecule has 0 heterocycles. The average molecular weight is 302 g/mol. The smallest absolute Gasteiger partial charge is 0.379 e. The quantitative estimate of drug-likeness (QED) is 0.289. The van der Waals surface area contributed by atoms with E-state index in [4.69, 9.17) is 4.74 Å². The van der Waals surface area contributed by atoms with Crippen LogP contribution in [0, 0.1) is 0 Å². The van der Waals surface area contributed by atoms with Crippen molar-refractivity contribution >= 4 is 11.8 Å². The Labute approximate surface area is 133 Å². The Balaban J connectivity index is 1.85. The van der Waals surface area contributed by atoms with Crippen molar-refractivity contribution in [1.29, 1.82) is 0 Å². The molecule has 0 radical (unpaired) electrons. The summed E-state index contributed by atoms with van der Waals surface area (Å²) in [4.78, 5) is 23.6.